The summed E-state index contributed by atoms with van der Waals surface area (Å²) in [5, 5.41) is 0. The Kier molecular flexibility index (Phi) is 2.88. The highest BCUT2D eigenvalue weighted by atomic mass is 79.9. The topological polar surface area (TPSA) is 22.1 Å². The Labute approximate surface area is 74.7 Å². The van der Waals surface area contributed by atoms with E-state index in [1.165, 1.54) is 0 Å². The fourth-order valence-electron chi connectivity index (χ4n) is 0.871. The molecular weight excluding hydrogens is 206 g/mol. The number of hydrogen-bond acceptors (Lipinski definition) is 2. The zero-order valence-electron chi connectivity index (χ0n) is 6.60. The number of pyridine rings is 1. The maximum Gasteiger partial charge on any atom is 0.136 e. The van der Waals surface area contributed by atoms with E-state index in [-0.39, 0.29) is 0 Å². The second-order valence-corrected chi connectivity index (χ2v) is 2.92. The third-order valence-corrected chi connectivity index (χ3v) is 2.33. The molecule has 2 nitrogen and oxygen atoms in total. The van der Waals surface area contributed by atoms with Crippen molar-refractivity contribution < 1.29 is 4.74 Å². The minimum Gasteiger partial charge on any atom is -0.495 e. The van der Waals surface area contributed by atoms with Gasteiger partial charge in [0.2, 0.25) is 0 Å². The van der Waals surface area contributed by atoms with Crippen molar-refractivity contribution >= 4 is 15.9 Å². The van der Waals surface area contributed by atoms with Gasteiger partial charge in [0, 0.05) is 6.20 Å². The van der Waals surface area contributed by atoms with Crippen LogP contribution in [0.3, 0.4) is 0 Å². The fraction of sp³-hybridized carbons (Fsp3) is 0.375. The standard InChI is InChI=1S/C8H10BrNO/c1-3-6-8(9)7(11-2)4-5-10-6/h4-5H,3H2,1-2H3. The van der Waals surface area contributed by atoms with E-state index in [9.17, 15) is 0 Å². The van der Waals surface area contributed by atoms with Gasteiger partial charge in [-0.25, -0.2) is 0 Å². The summed E-state index contributed by atoms with van der Waals surface area (Å²) in [5.41, 5.74) is 1.03. The molecule has 0 radical (unpaired) electrons. The number of aryl methyl sites for hydroxylation is 1. The van der Waals surface area contributed by atoms with Crippen molar-refractivity contribution in [3.8, 4) is 5.75 Å². The first-order chi connectivity index (χ1) is 5.29. The Bertz CT molecular complexity index is 228. The Morgan fingerprint density at radius 2 is 2.36 bits per heavy atom. The first kappa shape index (κ1) is 8.53. The Morgan fingerprint density at radius 3 is 2.91 bits per heavy atom. The maximum atomic E-state index is 5.10. The van der Waals surface area contributed by atoms with E-state index in [0.717, 1.165) is 22.3 Å². The van der Waals surface area contributed by atoms with E-state index < -0.39 is 0 Å². The molecule has 1 aromatic rings. The Hall–Kier alpha value is -0.570. The first-order valence-corrected chi connectivity index (χ1v) is 4.26. The fourth-order valence-corrected chi connectivity index (χ4v) is 1.55. The number of hydrogen-bond donors (Lipinski definition) is 0. The summed E-state index contributed by atoms with van der Waals surface area (Å²) in [7, 11) is 1.65. The predicted octanol–water partition coefficient (Wildman–Crippen LogP) is 2.42. The number of nitrogens with zero attached hydrogens (tertiary/aromatic N) is 1. The van der Waals surface area contributed by atoms with Crippen molar-refractivity contribution in [2.24, 2.45) is 0 Å². The number of ether oxygens (including phenoxy) is 1. The van der Waals surface area contributed by atoms with Gasteiger partial charge in [-0.05, 0) is 28.4 Å². The van der Waals surface area contributed by atoms with Crippen molar-refractivity contribution in [2.45, 2.75) is 13.3 Å². The van der Waals surface area contributed by atoms with Crippen LogP contribution in [0, 0.1) is 0 Å². The molecule has 0 amide bonds. The molecule has 0 atom stereocenters. The van der Waals surface area contributed by atoms with Crippen molar-refractivity contribution in [3.05, 3.63) is 22.4 Å². The number of halogens is 1. The summed E-state index contributed by atoms with van der Waals surface area (Å²) in [4.78, 5) is 4.18. The van der Waals surface area contributed by atoms with E-state index >= 15 is 0 Å². The molecule has 60 valence electrons. The molecule has 0 aliphatic rings. The SMILES string of the molecule is CCc1nccc(OC)c1Br. The third kappa shape index (κ3) is 1.71. The molecule has 0 N–H and O–H groups in total. The van der Waals surface area contributed by atoms with Gasteiger partial charge in [0.25, 0.3) is 0 Å². The van der Waals surface area contributed by atoms with Gasteiger partial charge >= 0.3 is 0 Å². The molecule has 1 heterocycles. The second kappa shape index (κ2) is 3.72. The van der Waals surface area contributed by atoms with Crippen molar-refractivity contribution in [2.75, 3.05) is 7.11 Å². The van der Waals surface area contributed by atoms with Crippen LogP contribution in [-0.2, 0) is 6.42 Å². The largest absolute Gasteiger partial charge is 0.495 e. The lowest BCUT2D eigenvalue weighted by Crippen LogP contribution is -1.91. The molecule has 0 spiro atoms. The highest BCUT2D eigenvalue weighted by Gasteiger charge is 2.03. The van der Waals surface area contributed by atoms with Gasteiger partial charge in [-0.15, -0.1) is 0 Å². The van der Waals surface area contributed by atoms with Crippen LogP contribution in [0.4, 0.5) is 0 Å². The van der Waals surface area contributed by atoms with Crippen molar-refractivity contribution in [1.29, 1.82) is 0 Å². The zero-order chi connectivity index (χ0) is 8.27. The van der Waals surface area contributed by atoms with Crippen LogP contribution in [-0.4, -0.2) is 12.1 Å². The number of methoxy groups -OCH3 is 1. The molecule has 3 heteroatoms. The van der Waals surface area contributed by atoms with Gasteiger partial charge in [-0.1, -0.05) is 6.92 Å². The summed E-state index contributed by atoms with van der Waals surface area (Å²) < 4.78 is 6.06. The first-order valence-electron chi connectivity index (χ1n) is 3.47. The van der Waals surface area contributed by atoms with Gasteiger partial charge in [-0.2, -0.15) is 0 Å². The molecule has 0 aliphatic heterocycles. The lowest BCUT2D eigenvalue weighted by molar-refractivity contribution is 0.410. The minimum absolute atomic E-state index is 0.844. The van der Waals surface area contributed by atoms with Crippen molar-refractivity contribution in [1.82, 2.24) is 4.98 Å². The Balaban J connectivity index is 3.10. The van der Waals surface area contributed by atoms with Gasteiger partial charge in [0.1, 0.15) is 5.75 Å². The normalized spacial score (nSPS) is 9.73. The monoisotopic (exact) mass is 215 g/mol. The highest BCUT2D eigenvalue weighted by Crippen LogP contribution is 2.26. The van der Waals surface area contributed by atoms with Crippen LogP contribution in [0.25, 0.3) is 0 Å². The molecule has 0 fully saturated rings. The number of rotatable bonds is 2. The van der Waals surface area contributed by atoms with E-state index in [1.807, 2.05) is 6.07 Å². The van der Waals surface area contributed by atoms with Crippen LogP contribution in [0.15, 0.2) is 16.7 Å². The smallest absolute Gasteiger partial charge is 0.136 e. The predicted molar refractivity (Wildman–Crippen MR) is 47.9 cm³/mol. The van der Waals surface area contributed by atoms with Gasteiger partial charge in [-0.3, -0.25) is 4.98 Å². The zero-order valence-corrected chi connectivity index (χ0v) is 8.18. The van der Waals surface area contributed by atoms with E-state index in [1.54, 1.807) is 13.3 Å². The van der Waals surface area contributed by atoms with Crippen LogP contribution in [0.5, 0.6) is 5.75 Å². The molecule has 0 aliphatic carbocycles. The van der Waals surface area contributed by atoms with Gasteiger partial charge in [0.05, 0.1) is 17.3 Å². The van der Waals surface area contributed by atoms with E-state index in [4.69, 9.17) is 4.74 Å². The maximum absolute atomic E-state index is 5.10. The molecule has 0 unspecified atom stereocenters. The van der Waals surface area contributed by atoms with Crippen LogP contribution >= 0.6 is 15.9 Å². The molecule has 1 aromatic heterocycles. The quantitative estimate of drug-likeness (QED) is 0.757. The average molecular weight is 216 g/mol. The average Bonchev–Trinajstić information content (AvgIpc) is 2.05. The molecule has 0 aromatic carbocycles. The lowest BCUT2D eigenvalue weighted by Gasteiger charge is -2.04. The van der Waals surface area contributed by atoms with Crippen LogP contribution in [0.2, 0.25) is 0 Å². The van der Waals surface area contributed by atoms with Crippen LogP contribution < -0.4 is 4.74 Å². The summed E-state index contributed by atoms with van der Waals surface area (Å²) >= 11 is 3.41. The second-order valence-electron chi connectivity index (χ2n) is 2.13. The summed E-state index contributed by atoms with van der Waals surface area (Å²) in [6.45, 7) is 2.06. The highest BCUT2D eigenvalue weighted by molar-refractivity contribution is 9.10. The lowest BCUT2D eigenvalue weighted by atomic mass is 10.3. The summed E-state index contributed by atoms with van der Waals surface area (Å²) in [6, 6.07) is 1.84. The molecule has 11 heavy (non-hydrogen) atoms. The number of aromatic nitrogens is 1. The van der Waals surface area contributed by atoms with Gasteiger partial charge in [0.15, 0.2) is 0 Å². The molecular formula is C8H10BrNO. The molecule has 1 rings (SSSR count). The third-order valence-electron chi connectivity index (χ3n) is 1.48. The van der Waals surface area contributed by atoms with E-state index in [0.29, 0.717) is 0 Å². The molecule has 0 saturated heterocycles. The van der Waals surface area contributed by atoms with Crippen molar-refractivity contribution in [3.63, 3.8) is 0 Å². The van der Waals surface area contributed by atoms with Crippen LogP contribution in [0.1, 0.15) is 12.6 Å². The minimum atomic E-state index is 0.844. The molecule has 0 bridgehead atoms. The summed E-state index contributed by atoms with van der Waals surface area (Å²) in [5.74, 6) is 0.844. The molecule has 0 saturated carbocycles. The van der Waals surface area contributed by atoms with E-state index in [2.05, 4.69) is 27.8 Å². The summed E-state index contributed by atoms with van der Waals surface area (Å²) in [6.07, 6.45) is 2.67. The Morgan fingerprint density at radius 1 is 1.64 bits per heavy atom. The van der Waals surface area contributed by atoms with Gasteiger partial charge < -0.3 is 4.74 Å².